The molecule has 0 saturated carbocycles. The lowest BCUT2D eigenvalue weighted by Crippen LogP contribution is -2.40. The fraction of sp³-hybridized carbons (Fsp3) is 0.692. The van der Waals surface area contributed by atoms with E-state index in [9.17, 15) is 4.79 Å². The van der Waals surface area contributed by atoms with Crippen LogP contribution < -0.4 is 4.57 Å². The number of nitrogens with zero attached hydrogens (tertiary/aromatic N) is 2. The van der Waals surface area contributed by atoms with Crippen molar-refractivity contribution >= 4 is 5.97 Å². The van der Waals surface area contributed by atoms with E-state index in [4.69, 9.17) is 5.11 Å². The van der Waals surface area contributed by atoms with Gasteiger partial charge in [-0.2, -0.15) is 0 Å². The predicted octanol–water partition coefficient (Wildman–Crippen LogP) is 2.00. The van der Waals surface area contributed by atoms with Gasteiger partial charge in [-0.05, 0) is 13.3 Å². The fourth-order valence-corrected chi connectivity index (χ4v) is 2.07. The number of imidazole rings is 1. The Kier molecular flexibility index (Phi) is 5.73. The Morgan fingerprint density at radius 1 is 1.35 bits per heavy atom. The van der Waals surface area contributed by atoms with Crippen molar-refractivity contribution in [2.24, 2.45) is 0 Å². The van der Waals surface area contributed by atoms with Crippen molar-refractivity contribution in [2.45, 2.75) is 59.0 Å². The molecule has 0 amide bonds. The van der Waals surface area contributed by atoms with Crippen molar-refractivity contribution in [1.29, 1.82) is 0 Å². The molecule has 17 heavy (non-hydrogen) atoms. The Hall–Kier alpha value is -1.32. The zero-order chi connectivity index (χ0) is 12.7. The van der Waals surface area contributed by atoms with Gasteiger partial charge in [0.1, 0.15) is 12.4 Å². The highest BCUT2D eigenvalue weighted by Crippen LogP contribution is 2.05. The average Bonchev–Trinajstić information content (AvgIpc) is 2.66. The van der Waals surface area contributed by atoms with Crippen molar-refractivity contribution in [1.82, 2.24) is 4.57 Å². The minimum atomic E-state index is -0.779. The molecule has 0 fully saturated rings. The van der Waals surface area contributed by atoms with E-state index in [1.54, 1.807) is 0 Å². The van der Waals surface area contributed by atoms with E-state index in [1.807, 2.05) is 17.0 Å². The lowest BCUT2D eigenvalue weighted by atomic mass is 10.1. The second-order valence-corrected chi connectivity index (χ2v) is 4.33. The van der Waals surface area contributed by atoms with E-state index < -0.39 is 5.97 Å². The van der Waals surface area contributed by atoms with Crippen LogP contribution in [0.25, 0.3) is 0 Å². The third kappa shape index (κ3) is 4.21. The van der Waals surface area contributed by atoms with Crippen LogP contribution in [-0.2, 0) is 24.3 Å². The van der Waals surface area contributed by atoms with E-state index in [-0.39, 0.29) is 6.54 Å². The highest BCUT2D eigenvalue weighted by Gasteiger charge is 2.17. The predicted molar refractivity (Wildman–Crippen MR) is 65.8 cm³/mol. The third-order valence-corrected chi connectivity index (χ3v) is 2.99. The number of hydrogen-bond donors (Lipinski definition) is 1. The van der Waals surface area contributed by atoms with Crippen molar-refractivity contribution < 1.29 is 14.5 Å². The van der Waals surface area contributed by atoms with Crippen LogP contribution >= 0.6 is 0 Å². The van der Waals surface area contributed by atoms with Gasteiger partial charge < -0.3 is 5.11 Å². The lowest BCUT2D eigenvalue weighted by Gasteiger charge is -2.02. The molecular formula is C13H23N2O2+. The second-order valence-electron chi connectivity index (χ2n) is 4.33. The first-order valence-electron chi connectivity index (χ1n) is 6.48. The van der Waals surface area contributed by atoms with Gasteiger partial charge in [0.05, 0.1) is 6.54 Å². The first-order valence-corrected chi connectivity index (χ1v) is 6.48. The second kappa shape index (κ2) is 7.09. The van der Waals surface area contributed by atoms with Gasteiger partial charge in [-0.15, -0.1) is 0 Å². The third-order valence-electron chi connectivity index (χ3n) is 2.99. The first-order chi connectivity index (χ1) is 8.19. The van der Waals surface area contributed by atoms with Crippen LogP contribution in [0.1, 0.15) is 45.4 Å². The van der Waals surface area contributed by atoms with Crippen LogP contribution in [0.3, 0.4) is 0 Å². The highest BCUT2D eigenvalue weighted by atomic mass is 16.4. The van der Waals surface area contributed by atoms with E-state index >= 15 is 0 Å². The number of unbranched alkanes of at least 4 members (excludes halogenated alkanes) is 3. The number of carbonyl (C=O) groups is 1. The highest BCUT2D eigenvalue weighted by molar-refractivity contribution is 5.64. The van der Waals surface area contributed by atoms with E-state index in [1.165, 1.54) is 19.3 Å². The molecule has 4 heteroatoms. The van der Waals surface area contributed by atoms with Gasteiger partial charge in [0.25, 0.3) is 5.82 Å². The van der Waals surface area contributed by atoms with Gasteiger partial charge >= 0.3 is 5.97 Å². The first kappa shape index (κ1) is 13.7. The Morgan fingerprint density at radius 3 is 2.71 bits per heavy atom. The SMILES string of the molecule is CCCCCCc1n(CC)cc[n+]1CC(=O)O. The van der Waals surface area contributed by atoms with Gasteiger partial charge in [-0.25, -0.2) is 13.9 Å². The number of aryl methyl sites for hydroxylation is 1. The van der Waals surface area contributed by atoms with E-state index in [0.717, 1.165) is 25.2 Å². The molecule has 0 saturated heterocycles. The quantitative estimate of drug-likeness (QED) is 0.557. The Balaban J connectivity index is 2.64. The maximum Gasteiger partial charge on any atom is 0.346 e. The zero-order valence-corrected chi connectivity index (χ0v) is 10.9. The summed E-state index contributed by atoms with van der Waals surface area (Å²) in [7, 11) is 0. The van der Waals surface area contributed by atoms with Crippen LogP contribution in [0.2, 0.25) is 0 Å². The van der Waals surface area contributed by atoms with Gasteiger partial charge in [-0.3, -0.25) is 0 Å². The molecule has 0 aromatic carbocycles. The van der Waals surface area contributed by atoms with Crippen molar-refractivity contribution in [3.63, 3.8) is 0 Å². The molecule has 4 nitrogen and oxygen atoms in total. The summed E-state index contributed by atoms with van der Waals surface area (Å²) in [6, 6.07) is 0. The van der Waals surface area contributed by atoms with E-state index in [2.05, 4.69) is 18.4 Å². The molecule has 1 heterocycles. The topological polar surface area (TPSA) is 46.1 Å². The standard InChI is InChI=1S/C13H22N2O2/c1-3-5-6-7-8-12-14(4-2)9-10-15(12)11-13(16)17/h9-10H,3-8,11H2,1-2H3/p+1. The molecular weight excluding hydrogens is 216 g/mol. The van der Waals surface area contributed by atoms with Crippen LogP contribution in [0.5, 0.6) is 0 Å². The fourth-order valence-electron chi connectivity index (χ4n) is 2.07. The molecule has 1 N–H and O–H groups in total. The van der Waals surface area contributed by atoms with Gasteiger partial charge in [-0.1, -0.05) is 26.2 Å². The van der Waals surface area contributed by atoms with Gasteiger partial charge in [0, 0.05) is 6.42 Å². The summed E-state index contributed by atoms with van der Waals surface area (Å²) in [5.74, 6) is 0.352. The van der Waals surface area contributed by atoms with Crippen LogP contribution in [0, 0.1) is 0 Å². The molecule has 1 rings (SSSR count). The summed E-state index contributed by atoms with van der Waals surface area (Å²) in [6.45, 7) is 5.24. The number of aromatic nitrogens is 2. The van der Waals surface area contributed by atoms with E-state index in [0.29, 0.717) is 0 Å². The number of rotatable bonds is 8. The molecule has 0 unspecified atom stereocenters. The summed E-state index contributed by atoms with van der Waals surface area (Å²) < 4.78 is 3.98. The molecule has 96 valence electrons. The Morgan fingerprint density at radius 2 is 2.12 bits per heavy atom. The Bertz CT molecular complexity index is 358. The maximum atomic E-state index is 10.8. The zero-order valence-electron chi connectivity index (χ0n) is 10.9. The van der Waals surface area contributed by atoms with Crippen molar-refractivity contribution in [3.05, 3.63) is 18.2 Å². The summed E-state index contributed by atoms with van der Waals surface area (Å²) in [4.78, 5) is 10.8. The van der Waals surface area contributed by atoms with Crippen LogP contribution in [0.4, 0.5) is 0 Å². The van der Waals surface area contributed by atoms with Gasteiger partial charge in [0.2, 0.25) is 0 Å². The molecule has 1 aromatic heterocycles. The summed E-state index contributed by atoms with van der Waals surface area (Å²) in [5.41, 5.74) is 0. The largest absolute Gasteiger partial charge is 0.478 e. The van der Waals surface area contributed by atoms with Gasteiger partial charge in [0.15, 0.2) is 6.54 Å². The number of carboxylic acid groups (broad SMARTS) is 1. The Labute approximate surface area is 103 Å². The maximum absolute atomic E-state index is 10.8. The molecule has 1 aromatic rings. The molecule has 0 spiro atoms. The smallest absolute Gasteiger partial charge is 0.346 e. The number of hydrogen-bond acceptors (Lipinski definition) is 1. The minimum Gasteiger partial charge on any atom is -0.478 e. The van der Waals surface area contributed by atoms with Crippen LogP contribution in [0.15, 0.2) is 12.4 Å². The molecule has 0 aliphatic rings. The summed E-state index contributed by atoms with van der Waals surface area (Å²) in [6.07, 6.45) is 9.64. The molecule has 0 aliphatic carbocycles. The molecule has 0 bridgehead atoms. The molecule has 0 radical (unpaired) electrons. The van der Waals surface area contributed by atoms with Crippen LogP contribution in [-0.4, -0.2) is 15.6 Å². The normalized spacial score (nSPS) is 10.7. The summed E-state index contributed by atoms with van der Waals surface area (Å²) >= 11 is 0. The molecule has 0 atom stereocenters. The van der Waals surface area contributed by atoms with Crippen molar-refractivity contribution in [3.8, 4) is 0 Å². The molecule has 0 aliphatic heterocycles. The number of carboxylic acids is 1. The number of aliphatic carboxylic acids is 1. The lowest BCUT2D eigenvalue weighted by molar-refractivity contribution is -0.692. The summed E-state index contributed by atoms with van der Waals surface area (Å²) in [5, 5.41) is 8.85. The van der Waals surface area contributed by atoms with Crippen molar-refractivity contribution in [2.75, 3.05) is 0 Å². The monoisotopic (exact) mass is 239 g/mol. The minimum absolute atomic E-state index is 0.0656. The average molecular weight is 239 g/mol.